The number of carbonyl (C=O) groups excluding carboxylic acids is 1. The van der Waals surface area contributed by atoms with Gasteiger partial charge in [-0.15, -0.1) is 0 Å². The zero-order chi connectivity index (χ0) is 20.1. The molecular weight excluding hydrogens is 365 g/mol. The number of benzene rings is 2. The van der Waals surface area contributed by atoms with Gasteiger partial charge in [-0.25, -0.2) is 0 Å². The van der Waals surface area contributed by atoms with Gasteiger partial charge in [-0.1, -0.05) is 36.4 Å². The number of hydrogen-bond donors (Lipinski definition) is 1. The Bertz CT molecular complexity index is 792. The van der Waals surface area contributed by atoms with Gasteiger partial charge in [0.2, 0.25) is 5.91 Å². The van der Waals surface area contributed by atoms with Crippen LogP contribution in [-0.4, -0.2) is 26.0 Å². The summed E-state index contributed by atoms with van der Waals surface area (Å²) in [6.45, 7) is 1.43. The summed E-state index contributed by atoms with van der Waals surface area (Å²) in [4.78, 5) is 14.4. The lowest BCUT2D eigenvalue weighted by atomic mass is 10.0. The maximum atomic E-state index is 13.1. The molecule has 1 fully saturated rings. The lowest BCUT2D eigenvalue weighted by Gasteiger charge is -2.19. The number of anilines is 1. The maximum Gasteiger partial charge on any atom is 0.416 e. The second-order valence-electron chi connectivity index (χ2n) is 7.29. The number of para-hydroxylation sites is 1. The lowest BCUT2D eigenvalue weighted by molar-refractivity contribution is -0.138. The number of nitrogens with one attached hydrogen (secondary N) is 1. The van der Waals surface area contributed by atoms with Crippen molar-refractivity contribution in [3.05, 3.63) is 65.7 Å². The van der Waals surface area contributed by atoms with E-state index in [1.54, 1.807) is 6.07 Å². The van der Waals surface area contributed by atoms with Crippen LogP contribution in [0.15, 0.2) is 54.6 Å². The normalized spacial score (nSPS) is 18.6. The third kappa shape index (κ3) is 5.06. The molecule has 2 aromatic carbocycles. The Morgan fingerprint density at radius 2 is 1.75 bits per heavy atom. The van der Waals surface area contributed by atoms with Gasteiger partial charge in [0.15, 0.2) is 0 Å². The number of unbranched alkanes of at least 4 members (excludes halogenated alkanes) is 1. The minimum Gasteiger partial charge on any atom is -0.375 e. The summed E-state index contributed by atoms with van der Waals surface area (Å²) in [5.74, 6) is -0.823. The average molecular weight is 390 g/mol. The first kappa shape index (κ1) is 20.2. The van der Waals surface area contributed by atoms with E-state index in [2.05, 4.69) is 10.2 Å². The first-order valence-electron chi connectivity index (χ1n) is 9.58. The first-order valence-corrected chi connectivity index (χ1v) is 9.58. The van der Waals surface area contributed by atoms with Crippen molar-refractivity contribution in [1.29, 1.82) is 0 Å². The molecule has 0 radical (unpaired) electrons. The number of alkyl halides is 3. The molecule has 6 heteroatoms. The fourth-order valence-corrected chi connectivity index (χ4v) is 3.54. The van der Waals surface area contributed by atoms with E-state index < -0.39 is 11.7 Å². The minimum absolute atomic E-state index is 0.140. The van der Waals surface area contributed by atoms with E-state index in [9.17, 15) is 18.0 Å². The number of halogens is 3. The van der Waals surface area contributed by atoms with Crippen molar-refractivity contribution in [2.45, 2.75) is 31.4 Å². The molecule has 28 heavy (non-hydrogen) atoms. The van der Waals surface area contributed by atoms with Crippen LogP contribution in [0.2, 0.25) is 0 Å². The zero-order valence-corrected chi connectivity index (χ0v) is 15.9. The zero-order valence-electron chi connectivity index (χ0n) is 15.9. The molecule has 0 aromatic heterocycles. The number of rotatable bonds is 8. The smallest absolute Gasteiger partial charge is 0.375 e. The molecule has 1 aliphatic carbocycles. The monoisotopic (exact) mass is 390 g/mol. The first-order chi connectivity index (χ1) is 13.4. The van der Waals surface area contributed by atoms with E-state index in [0.29, 0.717) is 13.0 Å². The van der Waals surface area contributed by atoms with Crippen LogP contribution in [0, 0.1) is 5.92 Å². The maximum absolute atomic E-state index is 13.1. The Morgan fingerprint density at radius 1 is 1.07 bits per heavy atom. The van der Waals surface area contributed by atoms with Crippen molar-refractivity contribution in [2.75, 3.05) is 25.0 Å². The highest BCUT2D eigenvalue weighted by Gasteiger charge is 2.47. The number of amides is 1. The molecule has 3 rings (SSSR count). The number of carbonyl (C=O) groups is 1. The van der Waals surface area contributed by atoms with Crippen LogP contribution < -0.4 is 10.2 Å². The number of hydrogen-bond acceptors (Lipinski definition) is 2. The van der Waals surface area contributed by atoms with Crippen molar-refractivity contribution < 1.29 is 18.0 Å². The second kappa shape index (κ2) is 8.67. The van der Waals surface area contributed by atoms with Crippen molar-refractivity contribution in [1.82, 2.24) is 5.32 Å². The van der Waals surface area contributed by atoms with Gasteiger partial charge in [-0.2, -0.15) is 13.2 Å². The summed E-state index contributed by atoms with van der Waals surface area (Å²) in [5.41, 5.74) is 0.759. The molecule has 0 heterocycles. The van der Waals surface area contributed by atoms with Crippen LogP contribution in [0.5, 0.6) is 0 Å². The molecule has 1 saturated carbocycles. The quantitative estimate of drug-likeness (QED) is 0.654. The summed E-state index contributed by atoms with van der Waals surface area (Å²) < 4.78 is 39.4. The fraction of sp³-hybridized carbons (Fsp3) is 0.409. The van der Waals surface area contributed by atoms with Gasteiger partial charge < -0.3 is 10.2 Å². The van der Waals surface area contributed by atoms with Crippen molar-refractivity contribution in [3.8, 4) is 0 Å². The summed E-state index contributed by atoms with van der Waals surface area (Å²) in [7, 11) is 2.03. The molecule has 0 bridgehead atoms. The molecular formula is C22H25F3N2O. The van der Waals surface area contributed by atoms with Gasteiger partial charge in [0, 0.05) is 31.7 Å². The molecule has 3 nitrogen and oxygen atoms in total. The predicted octanol–water partition coefficient (Wildman–Crippen LogP) is 4.84. The molecule has 1 amide bonds. The third-order valence-electron chi connectivity index (χ3n) is 5.21. The molecule has 150 valence electrons. The molecule has 1 N–H and O–H groups in total. The predicted molar refractivity (Wildman–Crippen MR) is 104 cm³/mol. The van der Waals surface area contributed by atoms with Crippen molar-refractivity contribution in [3.63, 3.8) is 0 Å². The molecule has 0 spiro atoms. The summed E-state index contributed by atoms with van der Waals surface area (Å²) in [6.07, 6.45) is -2.14. The fourth-order valence-electron chi connectivity index (χ4n) is 3.54. The highest BCUT2D eigenvalue weighted by Crippen LogP contribution is 2.51. The third-order valence-corrected chi connectivity index (χ3v) is 5.21. The van der Waals surface area contributed by atoms with Gasteiger partial charge in [0.1, 0.15) is 0 Å². The van der Waals surface area contributed by atoms with Gasteiger partial charge >= 0.3 is 6.18 Å². The standard InChI is InChI=1S/C22H25F3N2O/c1-27(16-9-3-2-4-10-16)14-8-7-13-26-21(28)19-15-18(19)17-11-5-6-12-20(17)22(23,24)25/h2-6,9-12,18-19H,7-8,13-15H2,1H3,(H,26,28). The highest BCUT2D eigenvalue weighted by molar-refractivity contribution is 5.83. The minimum atomic E-state index is -4.38. The average Bonchev–Trinajstić information content (AvgIpc) is 3.48. The van der Waals surface area contributed by atoms with Gasteiger partial charge in [0.05, 0.1) is 5.56 Å². The Morgan fingerprint density at radius 3 is 2.46 bits per heavy atom. The second-order valence-corrected chi connectivity index (χ2v) is 7.29. The summed E-state index contributed by atoms with van der Waals surface area (Å²) >= 11 is 0. The molecule has 1 aliphatic rings. The van der Waals surface area contributed by atoms with Crippen LogP contribution in [-0.2, 0) is 11.0 Å². The molecule has 2 atom stereocenters. The molecule has 2 aromatic rings. The Labute approximate surface area is 163 Å². The van der Waals surface area contributed by atoms with Crippen molar-refractivity contribution >= 4 is 11.6 Å². The van der Waals surface area contributed by atoms with E-state index in [1.807, 2.05) is 37.4 Å². The van der Waals surface area contributed by atoms with Crippen LogP contribution in [0.1, 0.15) is 36.3 Å². The lowest BCUT2D eigenvalue weighted by Crippen LogP contribution is -2.27. The Balaban J connectivity index is 1.40. The summed E-state index contributed by atoms with van der Waals surface area (Å²) in [5, 5.41) is 2.88. The van der Waals surface area contributed by atoms with Gasteiger partial charge in [-0.05, 0) is 48.9 Å². The van der Waals surface area contributed by atoms with E-state index in [-0.39, 0.29) is 23.3 Å². The Hall–Kier alpha value is -2.50. The largest absolute Gasteiger partial charge is 0.416 e. The van der Waals surface area contributed by atoms with E-state index in [4.69, 9.17) is 0 Å². The molecule has 0 saturated heterocycles. The molecule has 0 aliphatic heterocycles. The van der Waals surface area contributed by atoms with Gasteiger partial charge in [0.25, 0.3) is 0 Å². The van der Waals surface area contributed by atoms with E-state index >= 15 is 0 Å². The van der Waals surface area contributed by atoms with Gasteiger partial charge in [-0.3, -0.25) is 4.79 Å². The van der Waals surface area contributed by atoms with Crippen molar-refractivity contribution in [2.24, 2.45) is 5.92 Å². The van der Waals surface area contributed by atoms with E-state index in [0.717, 1.165) is 31.1 Å². The van der Waals surface area contributed by atoms with E-state index in [1.165, 1.54) is 12.1 Å². The SMILES string of the molecule is CN(CCCCNC(=O)C1CC1c1ccccc1C(F)(F)F)c1ccccc1. The van der Waals surface area contributed by atoms with Crippen LogP contribution >= 0.6 is 0 Å². The molecule has 2 unspecified atom stereocenters. The summed E-state index contributed by atoms with van der Waals surface area (Å²) in [6, 6.07) is 15.6. The number of nitrogens with zero attached hydrogens (tertiary/aromatic N) is 1. The Kier molecular flexibility index (Phi) is 6.27. The van der Waals surface area contributed by atoms with Crippen LogP contribution in [0.25, 0.3) is 0 Å². The highest BCUT2D eigenvalue weighted by atomic mass is 19.4. The van der Waals surface area contributed by atoms with Crippen LogP contribution in [0.3, 0.4) is 0 Å². The topological polar surface area (TPSA) is 32.3 Å². The van der Waals surface area contributed by atoms with Crippen LogP contribution in [0.4, 0.5) is 18.9 Å².